The van der Waals surface area contributed by atoms with Crippen molar-refractivity contribution in [1.29, 1.82) is 0 Å². The number of benzene rings is 1. The van der Waals surface area contributed by atoms with Gasteiger partial charge in [-0.05, 0) is 26.3 Å². The summed E-state index contributed by atoms with van der Waals surface area (Å²) in [7, 11) is 1.35. The van der Waals surface area contributed by atoms with E-state index in [9.17, 15) is 14.9 Å². The number of esters is 1. The van der Waals surface area contributed by atoms with Gasteiger partial charge in [0.25, 0.3) is 5.69 Å². The average molecular weight is 280 g/mol. The van der Waals surface area contributed by atoms with E-state index in [0.29, 0.717) is 12.1 Å². The van der Waals surface area contributed by atoms with Crippen LogP contribution in [0.4, 0.5) is 5.69 Å². The summed E-state index contributed by atoms with van der Waals surface area (Å²) in [6.07, 6.45) is 0. The van der Waals surface area contributed by atoms with Crippen LogP contribution in [0.25, 0.3) is 0 Å². The first-order valence-corrected chi connectivity index (χ1v) is 6.40. The number of nitro benzene ring substituents is 1. The van der Waals surface area contributed by atoms with E-state index in [1.54, 1.807) is 13.0 Å². The molecule has 0 saturated carbocycles. The lowest BCUT2D eigenvalue weighted by Crippen LogP contribution is -2.35. The smallest absolute Gasteiger partial charge is 0.319 e. The molecular formula is C14H20N2O4. The Morgan fingerprint density at radius 3 is 2.60 bits per heavy atom. The minimum atomic E-state index is -0.390. The quantitative estimate of drug-likeness (QED) is 0.454. The highest BCUT2D eigenvalue weighted by Gasteiger charge is 2.19. The van der Waals surface area contributed by atoms with Gasteiger partial charge in [0.1, 0.15) is 0 Å². The second kappa shape index (κ2) is 7.00. The van der Waals surface area contributed by atoms with Gasteiger partial charge >= 0.3 is 5.97 Å². The summed E-state index contributed by atoms with van der Waals surface area (Å²) in [5, 5.41) is 10.9. The zero-order valence-corrected chi connectivity index (χ0v) is 12.3. The van der Waals surface area contributed by atoms with Crippen LogP contribution in [0.1, 0.15) is 25.0 Å². The van der Waals surface area contributed by atoms with Crippen LogP contribution in [0, 0.1) is 17.0 Å². The van der Waals surface area contributed by atoms with Gasteiger partial charge in [0.2, 0.25) is 0 Å². The zero-order valence-electron chi connectivity index (χ0n) is 12.3. The molecule has 0 fully saturated rings. The number of carbonyl (C=O) groups excluding carboxylic acids is 1. The molecule has 110 valence electrons. The summed E-state index contributed by atoms with van der Waals surface area (Å²) in [6, 6.07) is 5.12. The van der Waals surface area contributed by atoms with Gasteiger partial charge in [-0.25, -0.2) is 0 Å². The molecule has 0 bridgehead atoms. The van der Waals surface area contributed by atoms with Crippen LogP contribution >= 0.6 is 0 Å². The fourth-order valence-electron chi connectivity index (χ4n) is 1.91. The van der Waals surface area contributed by atoms with E-state index < -0.39 is 4.92 Å². The van der Waals surface area contributed by atoms with Crippen molar-refractivity contribution in [3.63, 3.8) is 0 Å². The van der Waals surface area contributed by atoms with Crippen LogP contribution in [0.2, 0.25) is 0 Å². The molecule has 1 rings (SSSR count). The van der Waals surface area contributed by atoms with Gasteiger partial charge in [0.05, 0.1) is 18.6 Å². The number of carbonyl (C=O) groups is 1. The molecule has 0 aliphatic heterocycles. The summed E-state index contributed by atoms with van der Waals surface area (Å²) in [5.41, 5.74) is 1.58. The molecule has 0 saturated heterocycles. The van der Waals surface area contributed by atoms with E-state index in [2.05, 4.69) is 4.74 Å². The minimum absolute atomic E-state index is 0.101. The van der Waals surface area contributed by atoms with Crippen molar-refractivity contribution in [2.45, 2.75) is 33.4 Å². The predicted octanol–water partition coefficient (Wildman–Crippen LogP) is 2.29. The molecule has 1 aromatic carbocycles. The Kier molecular flexibility index (Phi) is 5.64. The molecule has 0 atom stereocenters. The van der Waals surface area contributed by atoms with E-state index in [0.717, 1.165) is 5.56 Å². The second-order valence-electron chi connectivity index (χ2n) is 4.89. The Hall–Kier alpha value is -1.95. The number of rotatable bonds is 6. The van der Waals surface area contributed by atoms with Crippen LogP contribution < -0.4 is 0 Å². The van der Waals surface area contributed by atoms with Crippen LogP contribution in [-0.4, -0.2) is 35.5 Å². The normalized spacial score (nSPS) is 10.9. The molecule has 20 heavy (non-hydrogen) atoms. The highest BCUT2D eigenvalue weighted by atomic mass is 16.6. The van der Waals surface area contributed by atoms with Gasteiger partial charge < -0.3 is 4.74 Å². The molecule has 6 nitrogen and oxygen atoms in total. The van der Waals surface area contributed by atoms with Crippen molar-refractivity contribution < 1.29 is 14.5 Å². The maximum Gasteiger partial charge on any atom is 0.319 e. The van der Waals surface area contributed by atoms with E-state index in [4.69, 9.17) is 0 Å². The first kappa shape index (κ1) is 16.1. The number of nitro groups is 1. The molecule has 6 heteroatoms. The molecule has 0 N–H and O–H groups in total. The van der Waals surface area contributed by atoms with Gasteiger partial charge in [0.15, 0.2) is 0 Å². The van der Waals surface area contributed by atoms with Crippen LogP contribution in [-0.2, 0) is 16.1 Å². The van der Waals surface area contributed by atoms with Gasteiger partial charge in [-0.2, -0.15) is 0 Å². The van der Waals surface area contributed by atoms with Crippen molar-refractivity contribution in [3.05, 3.63) is 39.4 Å². The Bertz CT molecular complexity index is 500. The van der Waals surface area contributed by atoms with E-state index in [1.807, 2.05) is 24.8 Å². The Labute approximate surface area is 118 Å². The lowest BCUT2D eigenvalue weighted by Gasteiger charge is -2.25. The van der Waals surface area contributed by atoms with Crippen LogP contribution in [0.5, 0.6) is 0 Å². The molecule has 1 aromatic rings. The zero-order chi connectivity index (χ0) is 15.3. The Balaban J connectivity index is 2.97. The van der Waals surface area contributed by atoms with E-state index in [-0.39, 0.29) is 24.2 Å². The van der Waals surface area contributed by atoms with Gasteiger partial charge in [0, 0.05) is 24.2 Å². The summed E-state index contributed by atoms with van der Waals surface area (Å²) in [6.45, 7) is 6.30. The predicted molar refractivity (Wildman–Crippen MR) is 75.4 cm³/mol. The molecule has 0 aliphatic rings. The Morgan fingerprint density at radius 2 is 2.10 bits per heavy atom. The number of ether oxygens (including phenoxy) is 1. The number of nitrogens with zero attached hydrogens (tertiary/aromatic N) is 2. The minimum Gasteiger partial charge on any atom is -0.468 e. The maximum atomic E-state index is 11.4. The van der Waals surface area contributed by atoms with Crippen molar-refractivity contribution in [1.82, 2.24) is 4.90 Å². The van der Waals surface area contributed by atoms with Gasteiger partial charge in [-0.1, -0.05) is 12.1 Å². The Morgan fingerprint density at radius 1 is 1.45 bits per heavy atom. The molecule has 0 spiro atoms. The van der Waals surface area contributed by atoms with Crippen molar-refractivity contribution in [3.8, 4) is 0 Å². The summed E-state index contributed by atoms with van der Waals surface area (Å²) >= 11 is 0. The lowest BCUT2D eigenvalue weighted by atomic mass is 10.1. The fraction of sp³-hybridized carbons (Fsp3) is 0.500. The third-order valence-corrected chi connectivity index (χ3v) is 3.28. The molecule has 0 heterocycles. The maximum absolute atomic E-state index is 11.4. The second-order valence-corrected chi connectivity index (χ2v) is 4.89. The first-order valence-electron chi connectivity index (χ1n) is 6.40. The summed E-state index contributed by atoms with van der Waals surface area (Å²) < 4.78 is 4.67. The highest BCUT2D eigenvalue weighted by Crippen LogP contribution is 2.22. The van der Waals surface area contributed by atoms with Crippen molar-refractivity contribution >= 4 is 11.7 Å². The molecule has 0 aliphatic carbocycles. The molecule has 0 amide bonds. The number of hydrogen-bond donors (Lipinski definition) is 0. The average Bonchev–Trinajstić information content (AvgIpc) is 2.39. The van der Waals surface area contributed by atoms with Crippen LogP contribution in [0.3, 0.4) is 0 Å². The summed E-state index contributed by atoms with van der Waals surface area (Å²) in [4.78, 5) is 23.9. The standard InChI is InChI=1S/C14H20N2O4/c1-10(2)15(9-14(17)20-4)8-12-6-5-7-13(11(12)3)16(18)19/h5-7,10H,8-9H2,1-4H3. The molecular weight excluding hydrogens is 260 g/mol. The highest BCUT2D eigenvalue weighted by molar-refractivity contribution is 5.71. The third-order valence-electron chi connectivity index (χ3n) is 3.28. The van der Waals surface area contributed by atoms with Gasteiger partial charge in [-0.3, -0.25) is 19.8 Å². The van der Waals surface area contributed by atoms with E-state index in [1.165, 1.54) is 13.2 Å². The van der Waals surface area contributed by atoms with Crippen molar-refractivity contribution in [2.75, 3.05) is 13.7 Å². The molecule has 0 radical (unpaired) electrons. The summed E-state index contributed by atoms with van der Waals surface area (Å²) in [5.74, 6) is -0.318. The lowest BCUT2D eigenvalue weighted by molar-refractivity contribution is -0.385. The van der Waals surface area contributed by atoms with Crippen molar-refractivity contribution in [2.24, 2.45) is 0 Å². The SMILES string of the molecule is COC(=O)CN(Cc1cccc([N+](=O)[O-])c1C)C(C)C. The monoisotopic (exact) mass is 280 g/mol. The third kappa shape index (κ3) is 4.03. The van der Waals surface area contributed by atoms with Crippen LogP contribution in [0.15, 0.2) is 18.2 Å². The first-order chi connectivity index (χ1) is 9.36. The topological polar surface area (TPSA) is 72.7 Å². The molecule has 0 aromatic heterocycles. The van der Waals surface area contributed by atoms with E-state index >= 15 is 0 Å². The number of hydrogen-bond acceptors (Lipinski definition) is 5. The number of methoxy groups -OCH3 is 1. The fourth-order valence-corrected chi connectivity index (χ4v) is 1.91. The van der Waals surface area contributed by atoms with Gasteiger partial charge in [-0.15, -0.1) is 0 Å². The largest absolute Gasteiger partial charge is 0.468 e. The molecule has 0 unspecified atom stereocenters.